The molecule has 1 saturated heterocycles. The molecule has 3 fully saturated rings. The number of aliphatic hydroxyl groups excluding tert-OH is 1. The monoisotopic (exact) mass is 251 g/mol. The maximum absolute atomic E-state index is 9.89. The molecule has 1 spiro atoms. The Kier molecular flexibility index (Phi) is 3.95. The molecule has 0 aromatic carbocycles. The Morgan fingerprint density at radius 2 is 1.83 bits per heavy atom. The fraction of sp³-hybridized carbons (Fsp3) is 1.00. The van der Waals surface area contributed by atoms with E-state index in [1.807, 2.05) is 0 Å². The van der Waals surface area contributed by atoms with Gasteiger partial charge in [0.05, 0.1) is 6.10 Å². The van der Waals surface area contributed by atoms with Crippen molar-refractivity contribution in [1.29, 1.82) is 0 Å². The highest BCUT2D eigenvalue weighted by molar-refractivity contribution is 4.92. The molecule has 2 unspecified atom stereocenters. The SMILES string of the molecule is OC1CCCC1CCN1CCC2(CCCCC2)C1. The van der Waals surface area contributed by atoms with E-state index in [9.17, 15) is 5.11 Å². The molecule has 0 bridgehead atoms. The number of nitrogens with zero attached hydrogens (tertiary/aromatic N) is 1. The summed E-state index contributed by atoms with van der Waals surface area (Å²) in [4.78, 5) is 2.69. The van der Waals surface area contributed by atoms with Crippen molar-refractivity contribution in [2.75, 3.05) is 19.6 Å². The van der Waals surface area contributed by atoms with Crippen LogP contribution in [0.3, 0.4) is 0 Å². The van der Waals surface area contributed by atoms with Crippen LogP contribution < -0.4 is 0 Å². The van der Waals surface area contributed by atoms with Crippen molar-refractivity contribution in [2.24, 2.45) is 11.3 Å². The molecular formula is C16H29NO. The summed E-state index contributed by atoms with van der Waals surface area (Å²) < 4.78 is 0. The van der Waals surface area contributed by atoms with Gasteiger partial charge in [0, 0.05) is 6.54 Å². The highest BCUT2D eigenvalue weighted by Gasteiger charge is 2.38. The first-order valence-corrected chi connectivity index (χ1v) is 8.18. The van der Waals surface area contributed by atoms with E-state index in [0.717, 1.165) is 6.42 Å². The summed E-state index contributed by atoms with van der Waals surface area (Å²) in [5.41, 5.74) is 0.701. The fourth-order valence-corrected chi connectivity index (χ4v) is 4.63. The normalized spacial score (nSPS) is 36.5. The summed E-state index contributed by atoms with van der Waals surface area (Å²) in [5.74, 6) is 0.605. The quantitative estimate of drug-likeness (QED) is 0.832. The molecule has 1 aliphatic heterocycles. The molecule has 2 saturated carbocycles. The van der Waals surface area contributed by atoms with Crippen LogP contribution in [0.5, 0.6) is 0 Å². The largest absolute Gasteiger partial charge is 0.393 e. The van der Waals surface area contributed by atoms with E-state index in [1.165, 1.54) is 77.4 Å². The van der Waals surface area contributed by atoms with Crippen molar-refractivity contribution in [3.63, 3.8) is 0 Å². The van der Waals surface area contributed by atoms with Crippen LogP contribution in [0.25, 0.3) is 0 Å². The van der Waals surface area contributed by atoms with Gasteiger partial charge in [-0.2, -0.15) is 0 Å². The van der Waals surface area contributed by atoms with E-state index in [4.69, 9.17) is 0 Å². The van der Waals surface area contributed by atoms with Gasteiger partial charge in [0.2, 0.25) is 0 Å². The summed E-state index contributed by atoms with van der Waals surface area (Å²) in [5, 5.41) is 9.89. The van der Waals surface area contributed by atoms with E-state index < -0.39 is 0 Å². The van der Waals surface area contributed by atoms with Crippen LogP contribution in [0.2, 0.25) is 0 Å². The van der Waals surface area contributed by atoms with E-state index >= 15 is 0 Å². The van der Waals surface area contributed by atoms with Crippen molar-refractivity contribution < 1.29 is 5.11 Å². The predicted octanol–water partition coefficient (Wildman–Crippen LogP) is 3.19. The van der Waals surface area contributed by atoms with Gasteiger partial charge in [-0.25, -0.2) is 0 Å². The van der Waals surface area contributed by atoms with Crippen molar-refractivity contribution in [3.05, 3.63) is 0 Å². The molecular weight excluding hydrogens is 222 g/mol. The molecule has 1 N–H and O–H groups in total. The van der Waals surface area contributed by atoms with E-state index in [1.54, 1.807) is 0 Å². The number of hydrogen-bond donors (Lipinski definition) is 1. The topological polar surface area (TPSA) is 23.5 Å². The molecule has 2 nitrogen and oxygen atoms in total. The zero-order chi connectivity index (χ0) is 12.4. The Balaban J connectivity index is 1.44. The van der Waals surface area contributed by atoms with E-state index in [-0.39, 0.29) is 6.10 Å². The van der Waals surface area contributed by atoms with Gasteiger partial charge in [-0.15, -0.1) is 0 Å². The molecule has 1 heterocycles. The Bertz CT molecular complexity index is 272. The molecule has 18 heavy (non-hydrogen) atoms. The maximum Gasteiger partial charge on any atom is 0.0568 e. The third kappa shape index (κ3) is 2.75. The van der Waals surface area contributed by atoms with Crippen LogP contribution >= 0.6 is 0 Å². The van der Waals surface area contributed by atoms with Crippen molar-refractivity contribution in [2.45, 2.75) is 70.3 Å². The van der Waals surface area contributed by atoms with Crippen LogP contribution in [-0.4, -0.2) is 35.7 Å². The second-order valence-corrected chi connectivity index (χ2v) is 7.13. The van der Waals surface area contributed by atoms with Crippen molar-refractivity contribution in [3.8, 4) is 0 Å². The molecule has 2 aliphatic carbocycles. The van der Waals surface area contributed by atoms with E-state index in [2.05, 4.69) is 4.90 Å². The highest BCUT2D eigenvalue weighted by Crippen LogP contribution is 2.43. The Hall–Kier alpha value is -0.0800. The van der Waals surface area contributed by atoms with Gasteiger partial charge in [-0.05, 0) is 62.9 Å². The lowest BCUT2D eigenvalue weighted by molar-refractivity contribution is 0.117. The minimum atomic E-state index is 0.0104. The minimum Gasteiger partial charge on any atom is -0.393 e. The van der Waals surface area contributed by atoms with Crippen molar-refractivity contribution in [1.82, 2.24) is 4.90 Å². The lowest BCUT2D eigenvalue weighted by Crippen LogP contribution is -2.31. The number of likely N-dealkylation sites (tertiary alicyclic amines) is 1. The van der Waals surface area contributed by atoms with Gasteiger partial charge in [0.1, 0.15) is 0 Å². The summed E-state index contributed by atoms with van der Waals surface area (Å²) in [6.45, 7) is 3.92. The Morgan fingerprint density at radius 3 is 2.56 bits per heavy atom. The van der Waals surface area contributed by atoms with Crippen LogP contribution in [0.15, 0.2) is 0 Å². The molecule has 0 aromatic heterocycles. The molecule has 3 aliphatic rings. The average Bonchev–Trinajstić information content (AvgIpc) is 2.96. The molecule has 3 rings (SSSR count). The van der Waals surface area contributed by atoms with Gasteiger partial charge in [-0.1, -0.05) is 25.7 Å². The first-order chi connectivity index (χ1) is 8.77. The van der Waals surface area contributed by atoms with Crippen LogP contribution in [0.4, 0.5) is 0 Å². The third-order valence-electron chi connectivity index (χ3n) is 5.87. The lowest BCUT2D eigenvalue weighted by Gasteiger charge is -2.33. The first-order valence-electron chi connectivity index (χ1n) is 8.18. The summed E-state index contributed by atoms with van der Waals surface area (Å²) in [6, 6.07) is 0. The Labute approximate surface area is 112 Å². The average molecular weight is 251 g/mol. The number of aliphatic hydroxyl groups is 1. The second kappa shape index (κ2) is 5.50. The lowest BCUT2D eigenvalue weighted by atomic mass is 9.73. The number of rotatable bonds is 3. The van der Waals surface area contributed by atoms with Gasteiger partial charge in [0.25, 0.3) is 0 Å². The molecule has 0 aromatic rings. The summed E-state index contributed by atoms with van der Waals surface area (Å²) in [6.07, 6.45) is 13.6. The van der Waals surface area contributed by atoms with Gasteiger partial charge in [-0.3, -0.25) is 0 Å². The van der Waals surface area contributed by atoms with Crippen LogP contribution in [0.1, 0.15) is 64.2 Å². The molecule has 0 radical (unpaired) electrons. The second-order valence-electron chi connectivity index (χ2n) is 7.13. The molecule has 104 valence electrons. The van der Waals surface area contributed by atoms with Gasteiger partial charge >= 0.3 is 0 Å². The number of hydrogen-bond acceptors (Lipinski definition) is 2. The first kappa shape index (κ1) is 12.9. The maximum atomic E-state index is 9.89. The fourth-order valence-electron chi connectivity index (χ4n) is 4.63. The molecule has 0 amide bonds. The smallest absolute Gasteiger partial charge is 0.0568 e. The molecule has 2 heteroatoms. The summed E-state index contributed by atoms with van der Waals surface area (Å²) in [7, 11) is 0. The van der Waals surface area contributed by atoms with E-state index in [0.29, 0.717) is 11.3 Å². The predicted molar refractivity (Wildman–Crippen MR) is 74.5 cm³/mol. The third-order valence-corrected chi connectivity index (χ3v) is 5.87. The zero-order valence-electron chi connectivity index (χ0n) is 11.7. The van der Waals surface area contributed by atoms with Crippen LogP contribution in [0, 0.1) is 11.3 Å². The molecule has 2 atom stereocenters. The standard InChI is InChI=1S/C16H29NO/c18-15-6-4-5-14(15)7-11-17-12-10-16(13-17)8-2-1-3-9-16/h14-15,18H,1-13H2. The van der Waals surface area contributed by atoms with Gasteiger partial charge in [0.15, 0.2) is 0 Å². The minimum absolute atomic E-state index is 0.0104. The zero-order valence-corrected chi connectivity index (χ0v) is 11.7. The van der Waals surface area contributed by atoms with Gasteiger partial charge < -0.3 is 10.0 Å². The van der Waals surface area contributed by atoms with Crippen LogP contribution in [-0.2, 0) is 0 Å². The summed E-state index contributed by atoms with van der Waals surface area (Å²) >= 11 is 0. The highest BCUT2D eigenvalue weighted by atomic mass is 16.3. The van der Waals surface area contributed by atoms with Crippen molar-refractivity contribution >= 4 is 0 Å². The Morgan fingerprint density at radius 1 is 1.00 bits per heavy atom.